The molecule has 1 aliphatic rings. The van der Waals surface area contributed by atoms with E-state index in [0.717, 1.165) is 5.75 Å². The number of thioether (sulfide) groups is 1. The number of hydrogen-bond acceptors (Lipinski definition) is 4. The van der Waals surface area contributed by atoms with Crippen molar-refractivity contribution < 1.29 is 18.7 Å². The monoisotopic (exact) mass is 339 g/mol. The molecule has 0 unspecified atom stereocenters. The molecule has 0 N–H and O–H groups in total. The average Bonchev–Trinajstić information content (AvgIpc) is 2.71. The molecule has 6 heteroatoms. The van der Waals surface area contributed by atoms with Crippen LogP contribution in [0.25, 0.3) is 0 Å². The van der Waals surface area contributed by atoms with Gasteiger partial charge in [-0.2, -0.15) is 11.8 Å². The van der Waals surface area contributed by atoms with E-state index in [9.17, 15) is 14.0 Å². The first-order valence-electron chi connectivity index (χ1n) is 7.66. The summed E-state index contributed by atoms with van der Waals surface area (Å²) in [6.07, 6.45) is 0.674. The predicted molar refractivity (Wildman–Crippen MR) is 88.6 cm³/mol. The van der Waals surface area contributed by atoms with Crippen molar-refractivity contribution >= 4 is 23.6 Å². The Morgan fingerprint density at radius 2 is 2.00 bits per heavy atom. The Morgan fingerprint density at radius 1 is 1.30 bits per heavy atom. The molecule has 0 aliphatic carbocycles. The van der Waals surface area contributed by atoms with Crippen LogP contribution in [0, 0.1) is 5.82 Å². The molecule has 0 bridgehead atoms. The lowest BCUT2D eigenvalue weighted by atomic mass is 10.1. The molecular weight excluding hydrogens is 317 g/mol. The Bertz CT molecular complexity index is 591. The molecule has 1 fully saturated rings. The summed E-state index contributed by atoms with van der Waals surface area (Å²) in [6.45, 7) is 5.59. The van der Waals surface area contributed by atoms with Crippen molar-refractivity contribution in [3.63, 3.8) is 0 Å². The van der Waals surface area contributed by atoms with E-state index in [4.69, 9.17) is 4.74 Å². The van der Waals surface area contributed by atoms with Crippen LogP contribution in [0.15, 0.2) is 24.3 Å². The number of carbonyl (C=O) groups excluding carboxylic acids is 2. The second kappa shape index (κ2) is 7.34. The zero-order valence-corrected chi connectivity index (χ0v) is 14.5. The molecule has 1 heterocycles. The van der Waals surface area contributed by atoms with Gasteiger partial charge in [-0.15, -0.1) is 0 Å². The minimum Gasteiger partial charge on any atom is -0.450 e. The van der Waals surface area contributed by atoms with Crippen LogP contribution < -0.4 is 0 Å². The van der Waals surface area contributed by atoms with Crippen molar-refractivity contribution in [2.75, 3.05) is 18.8 Å². The molecule has 1 amide bonds. The molecule has 0 aromatic heterocycles. The Morgan fingerprint density at radius 3 is 2.65 bits per heavy atom. The first-order valence-corrected chi connectivity index (χ1v) is 8.71. The zero-order valence-electron chi connectivity index (χ0n) is 13.7. The standard InChI is InChI=1S/C17H22FNO3S/c1-12(20)22-17(2,3)16(21)19-9-8-15(23-11-10-19)13-6-4-5-7-14(13)18/h4-7,15H,8-11H2,1-3H3/t15-/m1/s1. The lowest BCUT2D eigenvalue weighted by Gasteiger charge is -2.30. The van der Waals surface area contributed by atoms with Crippen LogP contribution >= 0.6 is 11.8 Å². The van der Waals surface area contributed by atoms with Gasteiger partial charge in [-0.05, 0) is 26.3 Å². The molecule has 2 rings (SSSR count). The number of rotatable bonds is 3. The van der Waals surface area contributed by atoms with Gasteiger partial charge >= 0.3 is 5.97 Å². The van der Waals surface area contributed by atoms with Crippen LogP contribution in [0.4, 0.5) is 4.39 Å². The van der Waals surface area contributed by atoms with Gasteiger partial charge in [-0.3, -0.25) is 9.59 Å². The van der Waals surface area contributed by atoms with E-state index in [0.29, 0.717) is 25.1 Å². The lowest BCUT2D eigenvalue weighted by molar-refractivity contribution is -0.168. The van der Waals surface area contributed by atoms with Crippen LogP contribution in [0.3, 0.4) is 0 Å². The molecule has 4 nitrogen and oxygen atoms in total. The van der Waals surface area contributed by atoms with Gasteiger partial charge in [-0.25, -0.2) is 4.39 Å². The van der Waals surface area contributed by atoms with Gasteiger partial charge < -0.3 is 9.64 Å². The summed E-state index contributed by atoms with van der Waals surface area (Å²) < 4.78 is 19.1. The Kier molecular flexibility index (Phi) is 5.68. The van der Waals surface area contributed by atoms with Gasteiger partial charge in [0, 0.05) is 36.6 Å². The molecular formula is C17H22FNO3S. The molecule has 0 spiro atoms. The number of amides is 1. The summed E-state index contributed by atoms with van der Waals surface area (Å²) in [6, 6.07) is 6.77. The number of halogens is 1. The third-order valence-electron chi connectivity index (χ3n) is 3.79. The summed E-state index contributed by atoms with van der Waals surface area (Å²) >= 11 is 1.66. The van der Waals surface area contributed by atoms with Gasteiger partial charge in [0.25, 0.3) is 5.91 Å². The Balaban J connectivity index is 2.05. The van der Waals surface area contributed by atoms with E-state index in [2.05, 4.69) is 0 Å². The normalized spacial score (nSPS) is 19.1. The lowest BCUT2D eigenvalue weighted by Crippen LogP contribution is -2.48. The molecule has 1 aliphatic heterocycles. The maximum Gasteiger partial charge on any atom is 0.303 e. The third-order valence-corrected chi connectivity index (χ3v) is 5.10. The topological polar surface area (TPSA) is 46.6 Å². The van der Waals surface area contributed by atoms with Crippen molar-refractivity contribution in [2.24, 2.45) is 0 Å². The SMILES string of the molecule is CC(=O)OC(C)(C)C(=O)N1CCS[C@@H](c2ccccc2F)CC1. The molecule has 126 valence electrons. The molecule has 0 saturated carbocycles. The van der Waals surface area contributed by atoms with Crippen LogP contribution in [0.2, 0.25) is 0 Å². The molecule has 1 aromatic rings. The highest BCUT2D eigenvalue weighted by Gasteiger charge is 2.36. The van der Waals surface area contributed by atoms with E-state index in [1.54, 1.807) is 42.6 Å². The summed E-state index contributed by atoms with van der Waals surface area (Å²) in [5, 5.41) is 0.0332. The minimum absolute atomic E-state index is 0.0332. The average molecular weight is 339 g/mol. The highest BCUT2D eigenvalue weighted by atomic mass is 32.2. The fourth-order valence-corrected chi connectivity index (χ4v) is 3.99. The number of esters is 1. The van der Waals surface area contributed by atoms with Crippen molar-refractivity contribution in [3.05, 3.63) is 35.6 Å². The van der Waals surface area contributed by atoms with Gasteiger partial charge in [-0.1, -0.05) is 18.2 Å². The van der Waals surface area contributed by atoms with Crippen LogP contribution in [0.5, 0.6) is 0 Å². The van der Waals surface area contributed by atoms with Crippen molar-refractivity contribution in [1.82, 2.24) is 4.90 Å². The number of ether oxygens (including phenoxy) is 1. The summed E-state index contributed by atoms with van der Waals surface area (Å²) in [4.78, 5) is 25.4. The van der Waals surface area contributed by atoms with E-state index in [-0.39, 0.29) is 17.0 Å². The number of carbonyl (C=O) groups is 2. The summed E-state index contributed by atoms with van der Waals surface area (Å²) in [5.74, 6) is -0.162. The number of nitrogens with zero attached hydrogens (tertiary/aromatic N) is 1. The van der Waals surface area contributed by atoms with E-state index < -0.39 is 11.6 Å². The number of hydrogen-bond donors (Lipinski definition) is 0. The maximum absolute atomic E-state index is 13.9. The molecule has 0 radical (unpaired) electrons. The molecule has 1 saturated heterocycles. The first-order chi connectivity index (χ1) is 10.8. The summed E-state index contributed by atoms with van der Waals surface area (Å²) in [5.41, 5.74) is -0.486. The number of benzene rings is 1. The van der Waals surface area contributed by atoms with Crippen molar-refractivity contribution in [2.45, 2.75) is 38.0 Å². The third kappa shape index (κ3) is 4.47. The highest BCUT2D eigenvalue weighted by Crippen LogP contribution is 2.36. The Labute approximate surface area is 140 Å². The summed E-state index contributed by atoms with van der Waals surface area (Å²) in [7, 11) is 0. The molecule has 1 atom stereocenters. The maximum atomic E-state index is 13.9. The highest BCUT2D eigenvalue weighted by molar-refractivity contribution is 7.99. The smallest absolute Gasteiger partial charge is 0.303 e. The van der Waals surface area contributed by atoms with Gasteiger partial charge in [0.1, 0.15) is 5.82 Å². The molecule has 23 heavy (non-hydrogen) atoms. The molecule has 1 aromatic carbocycles. The van der Waals surface area contributed by atoms with E-state index in [1.807, 2.05) is 6.07 Å². The second-order valence-electron chi connectivity index (χ2n) is 6.07. The van der Waals surface area contributed by atoms with E-state index in [1.165, 1.54) is 13.0 Å². The minimum atomic E-state index is -1.17. The van der Waals surface area contributed by atoms with Gasteiger partial charge in [0.2, 0.25) is 0 Å². The van der Waals surface area contributed by atoms with Crippen LogP contribution in [-0.2, 0) is 14.3 Å². The fourth-order valence-electron chi connectivity index (χ4n) is 2.74. The van der Waals surface area contributed by atoms with Gasteiger partial charge in [0.05, 0.1) is 0 Å². The fraction of sp³-hybridized carbons (Fsp3) is 0.529. The second-order valence-corrected chi connectivity index (χ2v) is 7.38. The van der Waals surface area contributed by atoms with Crippen molar-refractivity contribution in [1.29, 1.82) is 0 Å². The van der Waals surface area contributed by atoms with Crippen molar-refractivity contribution in [3.8, 4) is 0 Å². The quantitative estimate of drug-likeness (QED) is 0.794. The predicted octanol–water partition coefficient (Wildman–Crippen LogP) is 3.17. The zero-order chi connectivity index (χ0) is 17.0. The van der Waals surface area contributed by atoms with Gasteiger partial charge in [0.15, 0.2) is 5.60 Å². The van der Waals surface area contributed by atoms with E-state index >= 15 is 0 Å². The van der Waals surface area contributed by atoms with Crippen LogP contribution in [-0.4, -0.2) is 41.2 Å². The largest absolute Gasteiger partial charge is 0.450 e. The first kappa shape index (κ1) is 17.8. The Hall–Kier alpha value is -1.56. The van der Waals surface area contributed by atoms with Crippen LogP contribution in [0.1, 0.15) is 38.0 Å².